The van der Waals surface area contributed by atoms with Crippen LogP contribution in [0.4, 0.5) is 0 Å². The molecule has 4 heteroatoms. The van der Waals surface area contributed by atoms with Crippen LogP contribution < -0.4 is 0 Å². The summed E-state index contributed by atoms with van der Waals surface area (Å²) in [5.74, 6) is 1.39. The Labute approximate surface area is 135 Å². The third-order valence-corrected chi connectivity index (χ3v) is 5.37. The number of hydrogen-bond donors (Lipinski definition) is 0. The average molecular weight is 321 g/mol. The van der Waals surface area contributed by atoms with E-state index in [2.05, 4.69) is 46.6 Å². The quantitative estimate of drug-likeness (QED) is 0.712. The highest BCUT2D eigenvalue weighted by Crippen LogP contribution is 2.30. The van der Waals surface area contributed by atoms with E-state index in [1.54, 1.807) is 11.3 Å². The van der Waals surface area contributed by atoms with Crippen molar-refractivity contribution in [2.75, 3.05) is 13.6 Å². The summed E-state index contributed by atoms with van der Waals surface area (Å²) in [7, 11) is 2.22. The Balaban J connectivity index is 1.75. The van der Waals surface area contributed by atoms with Crippen LogP contribution in [-0.4, -0.2) is 23.5 Å². The summed E-state index contributed by atoms with van der Waals surface area (Å²) < 4.78 is 0. The molecule has 0 saturated heterocycles. The van der Waals surface area contributed by atoms with Crippen LogP contribution >= 0.6 is 22.9 Å². The smallest absolute Gasteiger partial charge is 0.123 e. The van der Waals surface area contributed by atoms with Gasteiger partial charge in [0.1, 0.15) is 5.01 Å². The molecule has 1 aromatic heterocycles. The molecule has 1 aromatic carbocycles. The molecule has 0 N–H and O–H groups in total. The Kier molecular flexibility index (Phi) is 4.94. The molecular weight excluding hydrogens is 300 g/mol. The molecular formula is C17H21ClN2S. The number of thiazole rings is 1. The first-order valence-electron chi connectivity index (χ1n) is 7.53. The first kappa shape index (κ1) is 15.0. The summed E-state index contributed by atoms with van der Waals surface area (Å²) in [5.41, 5.74) is 3.57. The van der Waals surface area contributed by atoms with Crippen molar-refractivity contribution in [1.29, 1.82) is 0 Å². The molecule has 0 atom stereocenters. The minimum absolute atomic E-state index is 0.486. The summed E-state index contributed by atoms with van der Waals surface area (Å²) in [5, 5.41) is 3.13. The van der Waals surface area contributed by atoms with E-state index >= 15 is 0 Å². The predicted molar refractivity (Wildman–Crippen MR) is 90.8 cm³/mol. The fraction of sp³-hybridized carbons (Fsp3) is 0.471. The van der Waals surface area contributed by atoms with E-state index < -0.39 is 0 Å². The molecule has 2 aromatic rings. The topological polar surface area (TPSA) is 16.1 Å². The summed E-state index contributed by atoms with van der Waals surface area (Å²) in [6.07, 6.45) is 4.21. The lowest BCUT2D eigenvalue weighted by atomic mass is 9.85. The Morgan fingerprint density at radius 1 is 1.33 bits per heavy atom. The lowest BCUT2D eigenvalue weighted by Crippen LogP contribution is -2.29. The van der Waals surface area contributed by atoms with Crippen LogP contribution in [0.3, 0.4) is 0 Å². The van der Waals surface area contributed by atoms with Crippen molar-refractivity contribution in [3.8, 4) is 10.6 Å². The normalized spacial score (nSPS) is 15.4. The van der Waals surface area contributed by atoms with Crippen molar-refractivity contribution in [2.45, 2.75) is 31.7 Å². The van der Waals surface area contributed by atoms with Crippen molar-refractivity contribution in [2.24, 2.45) is 5.92 Å². The van der Waals surface area contributed by atoms with Crippen molar-refractivity contribution < 1.29 is 0 Å². The third-order valence-electron chi connectivity index (χ3n) is 4.17. The van der Waals surface area contributed by atoms with Crippen LogP contribution in [0, 0.1) is 5.92 Å². The maximum atomic E-state index is 5.87. The van der Waals surface area contributed by atoms with Crippen LogP contribution in [0.1, 0.15) is 30.5 Å². The largest absolute Gasteiger partial charge is 0.302 e. The minimum atomic E-state index is 0.486. The number of nitrogens with zero attached hydrogens (tertiary/aromatic N) is 2. The van der Waals surface area contributed by atoms with Gasteiger partial charge in [-0.3, -0.25) is 0 Å². The van der Waals surface area contributed by atoms with E-state index in [0.29, 0.717) is 5.88 Å². The number of alkyl halides is 1. The molecule has 1 fully saturated rings. The fourth-order valence-corrected chi connectivity index (χ4v) is 3.94. The highest BCUT2D eigenvalue weighted by atomic mass is 35.5. The third kappa shape index (κ3) is 3.65. The SMILES string of the molecule is CN(Cc1ccccc1-c1nc(CCl)cs1)CC1CCC1. The molecule has 1 aliphatic carbocycles. The lowest BCUT2D eigenvalue weighted by molar-refractivity contribution is 0.200. The van der Waals surface area contributed by atoms with Gasteiger partial charge in [0.05, 0.1) is 11.6 Å². The van der Waals surface area contributed by atoms with Crippen molar-refractivity contribution in [1.82, 2.24) is 9.88 Å². The van der Waals surface area contributed by atoms with Gasteiger partial charge < -0.3 is 4.90 Å². The van der Waals surface area contributed by atoms with Crippen LogP contribution in [0.15, 0.2) is 29.6 Å². The molecule has 0 radical (unpaired) electrons. The molecule has 112 valence electrons. The zero-order valence-corrected chi connectivity index (χ0v) is 14.0. The molecule has 0 unspecified atom stereocenters. The second-order valence-electron chi connectivity index (χ2n) is 5.93. The van der Waals surface area contributed by atoms with E-state index in [1.165, 1.54) is 36.9 Å². The van der Waals surface area contributed by atoms with Gasteiger partial charge in [0.2, 0.25) is 0 Å². The van der Waals surface area contributed by atoms with Gasteiger partial charge >= 0.3 is 0 Å². The number of rotatable bonds is 6. The molecule has 3 rings (SSSR count). The summed E-state index contributed by atoms with van der Waals surface area (Å²) in [6.45, 7) is 2.20. The Morgan fingerprint density at radius 2 is 2.14 bits per heavy atom. The van der Waals surface area contributed by atoms with Crippen LogP contribution in [0.5, 0.6) is 0 Å². The molecule has 1 heterocycles. The monoisotopic (exact) mass is 320 g/mol. The van der Waals surface area contributed by atoms with E-state index in [9.17, 15) is 0 Å². The molecule has 0 aliphatic heterocycles. The number of aromatic nitrogens is 1. The van der Waals surface area contributed by atoms with Crippen LogP contribution in [0.25, 0.3) is 10.6 Å². The number of benzene rings is 1. The van der Waals surface area contributed by atoms with Gasteiger partial charge in [-0.1, -0.05) is 30.7 Å². The van der Waals surface area contributed by atoms with Gasteiger partial charge in [-0.05, 0) is 31.4 Å². The summed E-state index contributed by atoms with van der Waals surface area (Å²) >= 11 is 7.55. The Hall–Kier alpha value is -0.900. The summed E-state index contributed by atoms with van der Waals surface area (Å²) in [6, 6.07) is 8.59. The van der Waals surface area contributed by atoms with Crippen molar-refractivity contribution in [3.63, 3.8) is 0 Å². The molecule has 1 aliphatic rings. The predicted octanol–water partition coefficient (Wildman–Crippen LogP) is 4.78. The summed E-state index contributed by atoms with van der Waals surface area (Å²) in [4.78, 5) is 7.07. The van der Waals surface area contributed by atoms with Crippen LogP contribution in [-0.2, 0) is 12.4 Å². The fourth-order valence-electron chi connectivity index (χ4n) is 2.83. The second kappa shape index (κ2) is 6.91. The molecule has 21 heavy (non-hydrogen) atoms. The van der Waals surface area contributed by atoms with Gasteiger partial charge in [0, 0.05) is 24.0 Å². The van der Waals surface area contributed by atoms with Gasteiger partial charge in [-0.25, -0.2) is 4.98 Å². The Bertz CT molecular complexity index is 592. The van der Waals surface area contributed by atoms with Gasteiger partial charge in [0.15, 0.2) is 0 Å². The Morgan fingerprint density at radius 3 is 2.81 bits per heavy atom. The van der Waals surface area contributed by atoms with E-state index in [0.717, 1.165) is 23.2 Å². The highest BCUT2D eigenvalue weighted by Gasteiger charge is 2.19. The number of halogens is 1. The molecule has 2 nitrogen and oxygen atoms in total. The average Bonchev–Trinajstić information content (AvgIpc) is 2.92. The molecule has 0 spiro atoms. The van der Waals surface area contributed by atoms with Crippen molar-refractivity contribution in [3.05, 3.63) is 40.9 Å². The highest BCUT2D eigenvalue weighted by molar-refractivity contribution is 7.13. The maximum absolute atomic E-state index is 5.87. The maximum Gasteiger partial charge on any atom is 0.123 e. The first-order chi connectivity index (χ1) is 10.3. The van der Waals surface area contributed by atoms with Gasteiger partial charge in [0.25, 0.3) is 0 Å². The number of hydrogen-bond acceptors (Lipinski definition) is 3. The molecule has 0 amide bonds. The second-order valence-corrected chi connectivity index (χ2v) is 7.05. The zero-order chi connectivity index (χ0) is 14.7. The van der Waals surface area contributed by atoms with Crippen molar-refractivity contribution >= 4 is 22.9 Å². The van der Waals surface area contributed by atoms with E-state index in [1.807, 2.05) is 0 Å². The molecule has 0 bridgehead atoms. The minimum Gasteiger partial charge on any atom is -0.302 e. The van der Waals surface area contributed by atoms with Crippen LogP contribution in [0.2, 0.25) is 0 Å². The van der Waals surface area contributed by atoms with E-state index in [-0.39, 0.29) is 0 Å². The lowest BCUT2D eigenvalue weighted by Gasteiger charge is -2.30. The van der Waals surface area contributed by atoms with Gasteiger partial charge in [-0.15, -0.1) is 22.9 Å². The zero-order valence-electron chi connectivity index (χ0n) is 12.4. The van der Waals surface area contributed by atoms with Gasteiger partial charge in [-0.2, -0.15) is 0 Å². The standard InChI is InChI=1S/C17H21ClN2S/c1-20(10-13-5-4-6-13)11-14-7-2-3-8-16(14)17-19-15(9-18)12-21-17/h2-3,7-8,12-13H,4-6,9-11H2,1H3. The molecule has 1 saturated carbocycles. The van der Waals surface area contributed by atoms with E-state index in [4.69, 9.17) is 11.6 Å². The first-order valence-corrected chi connectivity index (χ1v) is 8.95.